The molecule has 3 rings (SSSR count). The van der Waals surface area contributed by atoms with Gasteiger partial charge in [-0.15, -0.1) is 0 Å². The third-order valence-corrected chi connectivity index (χ3v) is 7.84. The molecule has 1 N–H and O–H groups in total. The lowest BCUT2D eigenvalue weighted by Gasteiger charge is -2.38. The maximum absolute atomic E-state index is 13.9. The number of carbonyl (C=O) groups excluding carboxylic acids is 1. The minimum atomic E-state index is -3.84. The van der Waals surface area contributed by atoms with Crippen molar-refractivity contribution in [1.29, 1.82) is 0 Å². The first-order valence-corrected chi connectivity index (χ1v) is 12.0. The van der Waals surface area contributed by atoms with Gasteiger partial charge in [-0.25, -0.2) is 12.8 Å². The summed E-state index contributed by atoms with van der Waals surface area (Å²) in [7, 11) is -3.84. The largest absolute Gasteiger partial charge is 0.466 e. The first kappa shape index (κ1) is 23.4. The molecule has 0 radical (unpaired) electrons. The van der Waals surface area contributed by atoms with Gasteiger partial charge >= 0.3 is 5.97 Å². The highest BCUT2D eigenvalue weighted by Crippen LogP contribution is 2.37. The zero-order chi connectivity index (χ0) is 22.4. The van der Waals surface area contributed by atoms with Gasteiger partial charge < -0.3 is 10.1 Å². The minimum absolute atomic E-state index is 0.116. The number of hydrogen-bond acceptors (Lipinski definition) is 5. The molecule has 0 aliphatic carbocycles. The van der Waals surface area contributed by atoms with Gasteiger partial charge in [-0.1, -0.05) is 49.4 Å². The lowest BCUT2D eigenvalue weighted by atomic mass is 10.0. The molecule has 2 aromatic carbocycles. The van der Waals surface area contributed by atoms with Crippen molar-refractivity contribution in [3.05, 3.63) is 71.5 Å². The Labute approximate surface area is 183 Å². The molecule has 1 heterocycles. The molecule has 1 saturated heterocycles. The molecule has 1 aliphatic rings. The van der Waals surface area contributed by atoms with Gasteiger partial charge in [-0.3, -0.25) is 4.79 Å². The number of carbonyl (C=O) groups is 1. The van der Waals surface area contributed by atoms with Crippen LogP contribution in [0.5, 0.6) is 0 Å². The third kappa shape index (κ3) is 5.50. The third-order valence-electron chi connectivity index (χ3n) is 5.56. The summed E-state index contributed by atoms with van der Waals surface area (Å²) in [4.78, 5) is 12.3. The van der Waals surface area contributed by atoms with Crippen LogP contribution in [-0.2, 0) is 19.6 Å². The molecular formula is C23H29FN2O4S. The topological polar surface area (TPSA) is 75.7 Å². The van der Waals surface area contributed by atoms with E-state index in [4.69, 9.17) is 4.74 Å². The van der Waals surface area contributed by atoms with E-state index in [2.05, 4.69) is 5.32 Å². The van der Waals surface area contributed by atoms with Crippen LogP contribution in [0.3, 0.4) is 0 Å². The SMILES string of the molecule is CCOC(=O)C(C)CC(c1ccccc1)S(=O)(=O)N1CCNCC1c1ccc(F)cc1. The molecule has 31 heavy (non-hydrogen) atoms. The van der Waals surface area contributed by atoms with Gasteiger partial charge in [0.2, 0.25) is 10.0 Å². The summed E-state index contributed by atoms with van der Waals surface area (Å²) >= 11 is 0. The maximum Gasteiger partial charge on any atom is 0.308 e. The maximum atomic E-state index is 13.9. The highest BCUT2D eigenvalue weighted by atomic mass is 32.2. The normalized spacial score (nSPS) is 19.5. The molecule has 1 aliphatic heterocycles. The first-order chi connectivity index (χ1) is 14.8. The lowest BCUT2D eigenvalue weighted by molar-refractivity contribution is -0.147. The van der Waals surface area contributed by atoms with Crippen LogP contribution in [-0.4, -0.2) is 44.9 Å². The summed E-state index contributed by atoms with van der Waals surface area (Å²) in [6.45, 7) is 4.91. The number of hydrogen-bond donors (Lipinski definition) is 1. The Morgan fingerprint density at radius 3 is 2.52 bits per heavy atom. The molecule has 8 heteroatoms. The van der Waals surface area contributed by atoms with Crippen LogP contribution in [0.4, 0.5) is 4.39 Å². The fraction of sp³-hybridized carbons (Fsp3) is 0.435. The Kier molecular flexibility index (Phi) is 7.80. The quantitative estimate of drug-likeness (QED) is 0.626. The Balaban J connectivity index is 1.97. The monoisotopic (exact) mass is 448 g/mol. The smallest absolute Gasteiger partial charge is 0.308 e. The van der Waals surface area contributed by atoms with E-state index in [1.807, 2.05) is 6.07 Å². The molecule has 2 aromatic rings. The Morgan fingerprint density at radius 1 is 1.19 bits per heavy atom. The van der Waals surface area contributed by atoms with Crippen LogP contribution < -0.4 is 5.32 Å². The van der Waals surface area contributed by atoms with Crippen LogP contribution in [0, 0.1) is 11.7 Å². The van der Waals surface area contributed by atoms with Crippen molar-refractivity contribution in [3.8, 4) is 0 Å². The zero-order valence-corrected chi connectivity index (χ0v) is 18.6. The number of sulfonamides is 1. The Bertz CT molecular complexity index is 967. The fourth-order valence-electron chi connectivity index (χ4n) is 3.92. The molecular weight excluding hydrogens is 419 g/mol. The van der Waals surface area contributed by atoms with E-state index in [0.717, 1.165) is 5.56 Å². The summed E-state index contributed by atoms with van der Waals surface area (Å²) in [5.41, 5.74) is 1.36. The second-order valence-electron chi connectivity index (χ2n) is 7.72. The average molecular weight is 449 g/mol. The number of nitrogens with one attached hydrogen (secondary N) is 1. The van der Waals surface area contributed by atoms with Crippen molar-refractivity contribution >= 4 is 16.0 Å². The molecule has 3 atom stereocenters. The predicted octanol–water partition coefficient (Wildman–Crippen LogP) is 3.43. The standard InChI is InChI=1S/C23H29FN2O4S/c1-3-30-23(27)17(2)15-22(19-7-5-4-6-8-19)31(28,29)26-14-13-25-16-21(26)18-9-11-20(24)12-10-18/h4-12,17,21-22,25H,3,13-16H2,1-2H3. The van der Waals surface area contributed by atoms with Gasteiger partial charge in [0.05, 0.1) is 18.6 Å². The van der Waals surface area contributed by atoms with E-state index in [1.165, 1.54) is 16.4 Å². The number of nitrogens with zero attached hydrogens (tertiary/aromatic N) is 1. The van der Waals surface area contributed by atoms with Crippen LogP contribution in [0.25, 0.3) is 0 Å². The van der Waals surface area contributed by atoms with Crippen molar-refractivity contribution in [2.75, 3.05) is 26.2 Å². The number of halogens is 1. The van der Waals surface area contributed by atoms with E-state index in [0.29, 0.717) is 25.2 Å². The molecule has 0 spiro atoms. The van der Waals surface area contributed by atoms with E-state index in [-0.39, 0.29) is 18.8 Å². The van der Waals surface area contributed by atoms with Crippen LogP contribution in [0.15, 0.2) is 54.6 Å². The molecule has 0 saturated carbocycles. The number of benzene rings is 2. The predicted molar refractivity (Wildman–Crippen MR) is 117 cm³/mol. The van der Waals surface area contributed by atoms with Gasteiger partial charge in [0, 0.05) is 19.6 Å². The second-order valence-corrected chi connectivity index (χ2v) is 9.78. The van der Waals surface area contributed by atoms with E-state index < -0.39 is 33.2 Å². The molecule has 6 nitrogen and oxygen atoms in total. The number of rotatable bonds is 8. The highest BCUT2D eigenvalue weighted by molar-refractivity contribution is 7.89. The van der Waals surface area contributed by atoms with Crippen molar-refractivity contribution in [1.82, 2.24) is 9.62 Å². The van der Waals surface area contributed by atoms with Crippen molar-refractivity contribution in [2.24, 2.45) is 5.92 Å². The van der Waals surface area contributed by atoms with Crippen molar-refractivity contribution < 1.29 is 22.3 Å². The summed E-state index contributed by atoms with van der Waals surface area (Å²) in [6, 6.07) is 14.4. The number of esters is 1. The summed E-state index contributed by atoms with van der Waals surface area (Å²) < 4.78 is 47.9. The number of ether oxygens (including phenoxy) is 1. The molecule has 0 bridgehead atoms. The molecule has 3 unspecified atom stereocenters. The number of piperazine rings is 1. The van der Waals surface area contributed by atoms with Crippen LogP contribution in [0.2, 0.25) is 0 Å². The van der Waals surface area contributed by atoms with E-state index in [1.54, 1.807) is 50.2 Å². The summed E-state index contributed by atoms with van der Waals surface area (Å²) in [6.07, 6.45) is 0.116. The second kappa shape index (κ2) is 10.3. The highest BCUT2D eigenvalue weighted by Gasteiger charge is 2.40. The first-order valence-electron chi connectivity index (χ1n) is 10.5. The van der Waals surface area contributed by atoms with Gasteiger partial charge in [-0.2, -0.15) is 4.31 Å². The van der Waals surface area contributed by atoms with Gasteiger partial charge in [0.15, 0.2) is 0 Å². The molecule has 0 aromatic heterocycles. The van der Waals surface area contributed by atoms with Crippen LogP contribution in [0.1, 0.15) is 42.7 Å². The van der Waals surface area contributed by atoms with Crippen LogP contribution >= 0.6 is 0 Å². The lowest BCUT2D eigenvalue weighted by Crippen LogP contribution is -2.50. The van der Waals surface area contributed by atoms with Gasteiger partial charge in [0.25, 0.3) is 0 Å². The van der Waals surface area contributed by atoms with Crippen molar-refractivity contribution in [2.45, 2.75) is 31.6 Å². The minimum Gasteiger partial charge on any atom is -0.466 e. The average Bonchev–Trinajstić information content (AvgIpc) is 2.78. The molecule has 0 amide bonds. The fourth-order valence-corrected chi connectivity index (χ4v) is 6.18. The van der Waals surface area contributed by atoms with Crippen molar-refractivity contribution in [3.63, 3.8) is 0 Å². The summed E-state index contributed by atoms with van der Waals surface area (Å²) in [5.74, 6) is -1.35. The molecule has 168 valence electrons. The van der Waals surface area contributed by atoms with E-state index >= 15 is 0 Å². The molecule has 1 fully saturated rings. The Hall–Kier alpha value is -2.29. The van der Waals surface area contributed by atoms with Gasteiger partial charge in [-0.05, 0) is 36.6 Å². The summed E-state index contributed by atoms with van der Waals surface area (Å²) in [5, 5.41) is 2.34. The Morgan fingerprint density at radius 2 is 1.87 bits per heavy atom. The van der Waals surface area contributed by atoms with Gasteiger partial charge in [0.1, 0.15) is 11.1 Å². The van der Waals surface area contributed by atoms with E-state index in [9.17, 15) is 17.6 Å². The zero-order valence-electron chi connectivity index (χ0n) is 17.8.